The van der Waals surface area contributed by atoms with Crippen LogP contribution in [0.3, 0.4) is 0 Å². The molecule has 0 bridgehead atoms. The van der Waals surface area contributed by atoms with E-state index in [0.717, 1.165) is 19.4 Å². The number of Topliss-reactive ketones (excluding diaryl/α,β-unsaturated/α-hetero) is 1. The molecule has 0 unspecified atom stereocenters. The van der Waals surface area contributed by atoms with E-state index in [0.29, 0.717) is 11.5 Å². The molecule has 1 rings (SSSR count). The van der Waals surface area contributed by atoms with Gasteiger partial charge in [0.25, 0.3) is 0 Å². The van der Waals surface area contributed by atoms with Gasteiger partial charge in [0.2, 0.25) is 0 Å². The summed E-state index contributed by atoms with van der Waals surface area (Å²) in [5, 5.41) is 3.55. The molecular weight excluding hydrogens is 162 g/mol. The molecule has 1 fully saturated rings. The van der Waals surface area contributed by atoms with Crippen molar-refractivity contribution in [3.05, 3.63) is 11.6 Å². The molecule has 0 radical (unpaired) electrons. The van der Waals surface area contributed by atoms with E-state index in [1.54, 1.807) is 0 Å². The quantitative estimate of drug-likeness (QED) is 0.700. The van der Waals surface area contributed by atoms with Crippen LogP contribution in [0.4, 0.5) is 0 Å². The highest BCUT2D eigenvalue weighted by Crippen LogP contribution is 2.12. The highest BCUT2D eigenvalue weighted by molar-refractivity contribution is 6.30. The van der Waals surface area contributed by atoms with Crippen LogP contribution in [0.15, 0.2) is 11.6 Å². The number of rotatable bonds is 3. The van der Waals surface area contributed by atoms with Gasteiger partial charge in [0.15, 0.2) is 5.78 Å². The van der Waals surface area contributed by atoms with Gasteiger partial charge in [-0.2, -0.15) is 0 Å². The smallest absolute Gasteiger partial charge is 0.154 e. The Morgan fingerprint density at radius 1 is 1.73 bits per heavy atom. The average molecular weight is 174 g/mol. The van der Waals surface area contributed by atoms with E-state index in [-0.39, 0.29) is 11.8 Å². The van der Waals surface area contributed by atoms with Crippen LogP contribution in [0.5, 0.6) is 0 Å². The Morgan fingerprint density at radius 3 is 2.91 bits per heavy atom. The number of ketones is 1. The van der Waals surface area contributed by atoms with Gasteiger partial charge in [-0.05, 0) is 19.4 Å². The van der Waals surface area contributed by atoms with Crippen molar-refractivity contribution in [3.63, 3.8) is 0 Å². The summed E-state index contributed by atoms with van der Waals surface area (Å²) in [6, 6.07) is 0.0329. The first-order valence-electron chi connectivity index (χ1n) is 3.79. The molecule has 1 aliphatic heterocycles. The molecule has 2 nitrogen and oxygen atoms in total. The third-order valence-electron chi connectivity index (χ3n) is 1.82. The molecule has 1 aliphatic rings. The van der Waals surface area contributed by atoms with E-state index in [1.165, 1.54) is 0 Å². The van der Waals surface area contributed by atoms with E-state index in [1.807, 2.05) is 0 Å². The molecule has 0 aromatic carbocycles. The molecule has 1 heterocycles. The molecule has 62 valence electrons. The van der Waals surface area contributed by atoms with Crippen LogP contribution in [0.1, 0.15) is 19.3 Å². The van der Waals surface area contributed by atoms with Crippen LogP contribution >= 0.6 is 11.6 Å². The van der Waals surface area contributed by atoms with Gasteiger partial charge in [-0.25, -0.2) is 0 Å². The number of hydrogen-bond acceptors (Lipinski definition) is 2. The summed E-state index contributed by atoms with van der Waals surface area (Å²) >= 11 is 5.51. The van der Waals surface area contributed by atoms with Crippen molar-refractivity contribution in [2.45, 2.75) is 25.3 Å². The first-order chi connectivity index (χ1) is 5.20. The molecule has 0 aromatic heterocycles. The summed E-state index contributed by atoms with van der Waals surface area (Å²) in [5.41, 5.74) is 0. The molecule has 1 saturated heterocycles. The molecule has 0 aromatic rings. The summed E-state index contributed by atoms with van der Waals surface area (Å²) in [7, 11) is 0. The Hall–Kier alpha value is -0.340. The number of carbonyl (C=O) groups excluding carboxylic acids is 1. The maximum absolute atomic E-state index is 11.2. The van der Waals surface area contributed by atoms with Crippen molar-refractivity contribution in [1.82, 2.24) is 5.32 Å². The van der Waals surface area contributed by atoms with Crippen LogP contribution in [0, 0.1) is 0 Å². The molecule has 0 aliphatic carbocycles. The van der Waals surface area contributed by atoms with Crippen LogP contribution in [0.2, 0.25) is 0 Å². The molecule has 11 heavy (non-hydrogen) atoms. The van der Waals surface area contributed by atoms with Crippen LogP contribution in [-0.2, 0) is 4.79 Å². The van der Waals surface area contributed by atoms with Gasteiger partial charge in [-0.15, -0.1) is 0 Å². The lowest BCUT2D eigenvalue weighted by Gasteiger charge is -2.06. The maximum atomic E-state index is 11.2. The second kappa shape index (κ2) is 3.88. The highest BCUT2D eigenvalue weighted by atomic mass is 35.5. The normalized spacial score (nSPS) is 23.5. The van der Waals surface area contributed by atoms with Crippen molar-refractivity contribution in [3.8, 4) is 0 Å². The number of allylic oxidation sites excluding steroid dienone is 1. The van der Waals surface area contributed by atoms with Gasteiger partial charge in [0.05, 0.1) is 6.04 Å². The minimum atomic E-state index is 0.0329. The Bertz CT molecular complexity index is 173. The molecule has 3 heteroatoms. The minimum absolute atomic E-state index is 0.0329. The first-order valence-corrected chi connectivity index (χ1v) is 4.17. The zero-order valence-corrected chi connectivity index (χ0v) is 7.16. The fourth-order valence-corrected chi connectivity index (χ4v) is 1.40. The van der Waals surface area contributed by atoms with Crippen LogP contribution < -0.4 is 5.32 Å². The zero-order chi connectivity index (χ0) is 8.27. The first kappa shape index (κ1) is 8.75. The van der Waals surface area contributed by atoms with E-state index < -0.39 is 0 Å². The fourth-order valence-electron chi connectivity index (χ4n) is 1.27. The summed E-state index contributed by atoms with van der Waals surface area (Å²) in [6.07, 6.45) is 2.34. The van der Waals surface area contributed by atoms with E-state index >= 15 is 0 Å². The minimum Gasteiger partial charge on any atom is -0.307 e. The van der Waals surface area contributed by atoms with Gasteiger partial charge in [0.1, 0.15) is 0 Å². The van der Waals surface area contributed by atoms with Crippen molar-refractivity contribution < 1.29 is 4.79 Å². The third kappa shape index (κ3) is 2.64. The number of nitrogens with one attached hydrogen (secondary N) is 1. The molecule has 0 saturated carbocycles. The van der Waals surface area contributed by atoms with Crippen LogP contribution in [0.25, 0.3) is 0 Å². The number of halogens is 1. The Balaban J connectivity index is 2.34. The van der Waals surface area contributed by atoms with E-state index in [2.05, 4.69) is 11.9 Å². The third-order valence-corrected chi connectivity index (χ3v) is 1.95. The molecule has 1 atom stereocenters. The lowest BCUT2D eigenvalue weighted by molar-refractivity contribution is -0.119. The Labute approximate surface area is 71.6 Å². The summed E-state index contributed by atoms with van der Waals surface area (Å²) in [5.74, 6) is 0.169. The van der Waals surface area contributed by atoms with E-state index in [4.69, 9.17) is 11.6 Å². The zero-order valence-electron chi connectivity index (χ0n) is 6.40. The van der Waals surface area contributed by atoms with Gasteiger partial charge in [-0.3, -0.25) is 4.79 Å². The second-order valence-corrected chi connectivity index (χ2v) is 3.34. The van der Waals surface area contributed by atoms with Gasteiger partial charge in [0, 0.05) is 11.5 Å². The van der Waals surface area contributed by atoms with Gasteiger partial charge in [-0.1, -0.05) is 18.2 Å². The molecule has 1 N–H and O–H groups in total. The summed E-state index contributed by atoms with van der Waals surface area (Å²) < 4.78 is 0. The van der Waals surface area contributed by atoms with E-state index in [9.17, 15) is 4.79 Å². The number of hydrogen-bond donors (Lipinski definition) is 1. The van der Waals surface area contributed by atoms with Crippen molar-refractivity contribution in [2.75, 3.05) is 6.54 Å². The molecular formula is C8H12ClNO. The molecule has 0 spiro atoms. The summed E-state index contributed by atoms with van der Waals surface area (Å²) in [6.45, 7) is 4.43. The van der Waals surface area contributed by atoms with Crippen molar-refractivity contribution >= 4 is 17.4 Å². The average Bonchev–Trinajstić information content (AvgIpc) is 2.35. The lowest BCUT2D eigenvalue weighted by atomic mass is 10.1. The van der Waals surface area contributed by atoms with Crippen LogP contribution in [-0.4, -0.2) is 18.4 Å². The highest BCUT2D eigenvalue weighted by Gasteiger charge is 2.21. The maximum Gasteiger partial charge on any atom is 0.154 e. The summed E-state index contributed by atoms with van der Waals surface area (Å²) in [4.78, 5) is 11.2. The largest absolute Gasteiger partial charge is 0.307 e. The second-order valence-electron chi connectivity index (χ2n) is 2.81. The fraction of sp³-hybridized carbons (Fsp3) is 0.625. The predicted octanol–water partition coefficient (Wildman–Crippen LogP) is 1.45. The van der Waals surface area contributed by atoms with Gasteiger partial charge < -0.3 is 5.32 Å². The Kier molecular flexibility index (Phi) is 3.09. The Morgan fingerprint density at radius 2 is 2.45 bits per heavy atom. The lowest BCUT2D eigenvalue weighted by Crippen LogP contribution is -2.30. The SMILES string of the molecule is C=C(Cl)CC(=O)[C@@H]1CCCN1. The van der Waals surface area contributed by atoms with Crippen molar-refractivity contribution in [2.24, 2.45) is 0 Å². The van der Waals surface area contributed by atoms with Gasteiger partial charge >= 0.3 is 0 Å². The standard InChI is InChI=1S/C8H12ClNO/c1-6(9)5-8(11)7-3-2-4-10-7/h7,10H,1-5H2/t7-/m0/s1. The van der Waals surface area contributed by atoms with Crippen molar-refractivity contribution in [1.29, 1.82) is 0 Å². The number of carbonyl (C=O) groups is 1. The predicted molar refractivity (Wildman–Crippen MR) is 45.6 cm³/mol. The topological polar surface area (TPSA) is 29.1 Å². The molecule has 0 amide bonds. The monoisotopic (exact) mass is 173 g/mol.